The number of fused-ring (bicyclic) bond motifs is 1. The second-order valence-corrected chi connectivity index (χ2v) is 3.36. The summed E-state index contributed by atoms with van der Waals surface area (Å²) in [4.78, 5) is 0. The van der Waals surface area contributed by atoms with Crippen LogP contribution in [0.2, 0.25) is 0 Å². The number of benzene rings is 2. The van der Waals surface area contributed by atoms with Crippen LogP contribution in [0.1, 0.15) is 0 Å². The Morgan fingerprint density at radius 2 is 1.85 bits per heavy atom. The molecule has 0 heterocycles. The lowest BCUT2D eigenvalue weighted by molar-refractivity contribution is 0.418. The molecule has 63 valence electrons. The Hall–Kier alpha value is -1.28. The topological polar surface area (TPSA) is 9.23 Å². The van der Waals surface area contributed by atoms with Gasteiger partial charge in [0.2, 0.25) is 0 Å². The molecule has 2 aromatic carbocycles. The summed E-state index contributed by atoms with van der Waals surface area (Å²) in [6.07, 6.45) is 0. The average molecular weight is 185 g/mol. The monoisotopic (exact) mass is 185 g/mol. The molecule has 0 N–H and O–H groups in total. The molecule has 0 aliphatic carbocycles. The molecular weight excluding hydrogens is 176 g/mol. The maximum Gasteiger partial charge on any atom is 0.117 e. The highest BCUT2D eigenvalue weighted by molar-refractivity contribution is 6.40. The van der Waals surface area contributed by atoms with E-state index in [1.807, 2.05) is 18.2 Å². The summed E-state index contributed by atoms with van der Waals surface area (Å²) in [7, 11) is 5.24. The number of hydrogen-bond acceptors (Lipinski definition) is 1. The van der Waals surface area contributed by atoms with E-state index in [9.17, 15) is 0 Å². The van der Waals surface area contributed by atoms with Crippen LogP contribution in [0, 0.1) is 0 Å². The third-order valence-electron chi connectivity index (χ3n) is 2.11. The first-order chi connectivity index (χ1) is 6.33. The first-order valence-corrected chi connectivity index (χ1v) is 4.60. The highest BCUT2D eigenvalue weighted by Gasteiger charge is 2.01. The summed E-state index contributed by atoms with van der Waals surface area (Å²) < 4.78 is 5.20. The van der Waals surface area contributed by atoms with Gasteiger partial charge in [-0.05, 0) is 22.0 Å². The number of hydrogen-bond donors (Lipinski definition) is 0. The Labute approximate surface area is 80.8 Å². The molecule has 0 aromatic heterocycles. The summed E-state index contributed by atoms with van der Waals surface area (Å²) in [6, 6.07) is 12.2. The van der Waals surface area contributed by atoms with Crippen LogP contribution in [0.3, 0.4) is 0 Å². The van der Waals surface area contributed by atoms with Gasteiger partial charge in [0.25, 0.3) is 0 Å². The second-order valence-electron chi connectivity index (χ2n) is 2.86. The van der Waals surface area contributed by atoms with E-state index in [4.69, 9.17) is 4.74 Å². The van der Waals surface area contributed by atoms with Gasteiger partial charge in [0.05, 0.1) is 17.4 Å². The number of ether oxygens (including phenoxy) is 1. The van der Waals surface area contributed by atoms with Crippen LogP contribution in [0.25, 0.3) is 10.8 Å². The lowest BCUT2D eigenvalue weighted by atomic mass is 10.1. The Bertz CT molecular complexity index is 437. The van der Waals surface area contributed by atoms with Crippen molar-refractivity contribution >= 4 is 26.2 Å². The third kappa shape index (κ3) is 1.33. The zero-order valence-electron chi connectivity index (χ0n) is 7.37. The molecule has 0 bridgehead atoms. The molecule has 0 amide bonds. The average Bonchev–Trinajstić information content (AvgIpc) is 2.19. The molecule has 0 saturated heterocycles. The molecule has 2 heteroatoms. The van der Waals surface area contributed by atoms with Gasteiger partial charge in [-0.2, -0.15) is 0 Å². The van der Waals surface area contributed by atoms with Crippen LogP contribution < -0.4 is 9.92 Å². The first-order valence-electron chi connectivity index (χ1n) is 4.10. The molecule has 0 aliphatic heterocycles. The minimum atomic E-state index is 0.871. The molecule has 0 atom stereocenters. The van der Waals surface area contributed by atoms with E-state index in [1.165, 1.54) is 10.8 Å². The standard InChI is InChI=1S/C11H9OSi/c1-12-10-7-6-8-4-2-3-5-9(8)11(10)13/h2-7H,1H3. The molecule has 2 rings (SSSR count). The van der Waals surface area contributed by atoms with Crippen molar-refractivity contribution in [2.45, 2.75) is 0 Å². The predicted octanol–water partition coefficient (Wildman–Crippen LogP) is 1.64. The predicted molar refractivity (Wildman–Crippen MR) is 55.9 cm³/mol. The lowest BCUT2D eigenvalue weighted by Gasteiger charge is -2.07. The zero-order chi connectivity index (χ0) is 9.26. The van der Waals surface area contributed by atoms with Crippen LogP contribution >= 0.6 is 0 Å². The Balaban J connectivity index is 2.79. The molecule has 1 nitrogen and oxygen atoms in total. The Morgan fingerprint density at radius 3 is 2.62 bits per heavy atom. The maximum atomic E-state index is 5.20. The van der Waals surface area contributed by atoms with Crippen LogP contribution in [0.4, 0.5) is 0 Å². The fraction of sp³-hybridized carbons (Fsp3) is 0.0909. The van der Waals surface area contributed by atoms with E-state index >= 15 is 0 Å². The third-order valence-corrected chi connectivity index (χ3v) is 2.63. The molecular formula is C11H9OSi. The van der Waals surface area contributed by atoms with Gasteiger partial charge >= 0.3 is 0 Å². The summed E-state index contributed by atoms with van der Waals surface area (Å²) in [5.74, 6) is 0.871. The highest BCUT2D eigenvalue weighted by Crippen LogP contribution is 2.16. The zero-order valence-corrected chi connectivity index (χ0v) is 8.37. The van der Waals surface area contributed by atoms with E-state index in [2.05, 4.69) is 28.4 Å². The second kappa shape index (κ2) is 3.22. The van der Waals surface area contributed by atoms with Crippen molar-refractivity contribution in [3.05, 3.63) is 36.4 Å². The van der Waals surface area contributed by atoms with Gasteiger partial charge in [0.1, 0.15) is 5.75 Å². The maximum absolute atomic E-state index is 5.20. The molecule has 13 heavy (non-hydrogen) atoms. The fourth-order valence-electron chi connectivity index (χ4n) is 1.42. The molecule has 0 unspecified atom stereocenters. The summed E-state index contributed by atoms with van der Waals surface area (Å²) in [5, 5.41) is 3.41. The first kappa shape index (κ1) is 8.32. The molecule has 0 aliphatic rings. The number of rotatable bonds is 1. The molecule has 0 spiro atoms. The summed E-state index contributed by atoms with van der Waals surface area (Å²) in [6.45, 7) is 0. The van der Waals surface area contributed by atoms with Gasteiger partial charge < -0.3 is 4.74 Å². The largest absolute Gasteiger partial charge is 0.497 e. The smallest absolute Gasteiger partial charge is 0.117 e. The SMILES string of the molecule is COc1ccc2ccccc2c1[Si]. The van der Waals surface area contributed by atoms with E-state index < -0.39 is 0 Å². The van der Waals surface area contributed by atoms with Gasteiger partial charge in [-0.15, -0.1) is 0 Å². The molecule has 0 saturated carbocycles. The summed E-state index contributed by atoms with van der Waals surface area (Å²) in [5.41, 5.74) is 0. The van der Waals surface area contributed by atoms with Crippen molar-refractivity contribution in [3.8, 4) is 5.75 Å². The molecule has 3 radical (unpaired) electrons. The highest BCUT2D eigenvalue weighted by atomic mass is 28.1. The van der Waals surface area contributed by atoms with Crippen LogP contribution in [-0.2, 0) is 0 Å². The normalized spacial score (nSPS) is 10.3. The summed E-state index contributed by atoms with van der Waals surface area (Å²) >= 11 is 0. The van der Waals surface area contributed by atoms with Gasteiger partial charge in [0, 0.05) is 0 Å². The van der Waals surface area contributed by atoms with Gasteiger partial charge in [-0.25, -0.2) is 0 Å². The van der Waals surface area contributed by atoms with Crippen molar-refractivity contribution < 1.29 is 4.74 Å². The van der Waals surface area contributed by atoms with E-state index in [1.54, 1.807) is 7.11 Å². The van der Waals surface area contributed by atoms with Crippen molar-refractivity contribution in [2.24, 2.45) is 0 Å². The number of methoxy groups -OCH3 is 1. The van der Waals surface area contributed by atoms with Crippen molar-refractivity contribution in [3.63, 3.8) is 0 Å². The fourth-order valence-corrected chi connectivity index (χ4v) is 1.83. The van der Waals surface area contributed by atoms with Gasteiger partial charge in [0.15, 0.2) is 0 Å². The van der Waals surface area contributed by atoms with E-state index in [-0.39, 0.29) is 0 Å². The molecule has 0 fully saturated rings. The van der Waals surface area contributed by atoms with Gasteiger partial charge in [-0.1, -0.05) is 30.3 Å². The molecule has 2 aromatic rings. The van der Waals surface area contributed by atoms with E-state index in [0.29, 0.717) is 0 Å². The Kier molecular flexibility index (Phi) is 2.06. The van der Waals surface area contributed by atoms with Crippen molar-refractivity contribution in [2.75, 3.05) is 7.11 Å². The van der Waals surface area contributed by atoms with Crippen LogP contribution in [0.15, 0.2) is 36.4 Å². The van der Waals surface area contributed by atoms with E-state index in [0.717, 1.165) is 10.9 Å². The quantitative estimate of drug-likeness (QED) is 0.614. The van der Waals surface area contributed by atoms with Crippen LogP contribution in [0.5, 0.6) is 5.75 Å². The minimum absolute atomic E-state index is 0.871. The van der Waals surface area contributed by atoms with Crippen molar-refractivity contribution in [1.29, 1.82) is 0 Å². The Morgan fingerprint density at radius 1 is 1.08 bits per heavy atom. The van der Waals surface area contributed by atoms with Crippen LogP contribution in [-0.4, -0.2) is 17.4 Å². The minimum Gasteiger partial charge on any atom is -0.497 e. The lowest BCUT2D eigenvalue weighted by Crippen LogP contribution is -2.08. The van der Waals surface area contributed by atoms with Gasteiger partial charge in [-0.3, -0.25) is 0 Å². The van der Waals surface area contributed by atoms with Crippen molar-refractivity contribution in [1.82, 2.24) is 0 Å².